The van der Waals surface area contributed by atoms with E-state index in [9.17, 15) is 33.3 Å². The summed E-state index contributed by atoms with van der Waals surface area (Å²) in [6.45, 7) is 0.526. The first kappa shape index (κ1) is 34.4. The molecule has 0 spiro atoms. The number of halogens is 3. The maximum absolute atomic E-state index is 13.9. The monoisotopic (exact) mass is 683 g/mol. The fraction of sp³-hybridized carbons (Fsp3) is 0.263. The number of carbonyl (C=O) groups excluding carboxylic acids is 2. The Morgan fingerprint density at radius 3 is 2.14 bits per heavy atom. The van der Waals surface area contributed by atoms with Gasteiger partial charge in [0.1, 0.15) is 24.3 Å². The molecule has 4 N–H and O–H groups in total. The lowest BCUT2D eigenvalue weighted by atomic mass is 9.84. The predicted octanol–water partition coefficient (Wildman–Crippen LogP) is 6.17. The van der Waals surface area contributed by atoms with E-state index in [2.05, 4.69) is 15.6 Å². The van der Waals surface area contributed by atoms with Gasteiger partial charge in [-0.1, -0.05) is 91.0 Å². The van der Waals surface area contributed by atoms with Crippen LogP contribution in [0.2, 0.25) is 0 Å². The highest BCUT2D eigenvalue weighted by atomic mass is 19.4. The third kappa shape index (κ3) is 7.86. The normalized spacial score (nSPS) is 17.0. The molecular formula is C38H36F3N5O4. The summed E-state index contributed by atoms with van der Waals surface area (Å²) in [5, 5.41) is 25.9. The zero-order chi connectivity index (χ0) is 35.3. The van der Waals surface area contributed by atoms with Gasteiger partial charge in [-0.15, -0.1) is 0 Å². The van der Waals surface area contributed by atoms with E-state index < -0.39 is 35.3 Å². The maximum atomic E-state index is 13.9. The van der Waals surface area contributed by atoms with E-state index in [1.807, 2.05) is 60.7 Å². The number of aliphatic hydroxyl groups excluding tert-OH is 1. The van der Waals surface area contributed by atoms with Crippen molar-refractivity contribution in [1.29, 1.82) is 5.41 Å². The number of benzene rings is 3. The molecule has 0 radical (unpaired) electrons. The molecule has 2 aliphatic heterocycles. The zero-order valence-corrected chi connectivity index (χ0v) is 27.0. The van der Waals surface area contributed by atoms with Crippen molar-refractivity contribution in [2.75, 3.05) is 18.0 Å². The predicted molar refractivity (Wildman–Crippen MR) is 181 cm³/mol. The number of anilines is 1. The van der Waals surface area contributed by atoms with Crippen molar-refractivity contribution in [2.45, 2.75) is 44.2 Å². The minimum atomic E-state index is -4.81. The van der Waals surface area contributed by atoms with Crippen LogP contribution in [-0.4, -0.2) is 46.9 Å². The molecule has 1 fully saturated rings. The molecule has 0 saturated carbocycles. The first-order chi connectivity index (χ1) is 24.1. The number of esters is 1. The van der Waals surface area contributed by atoms with Crippen molar-refractivity contribution >= 4 is 23.4 Å². The van der Waals surface area contributed by atoms with Gasteiger partial charge in [0.15, 0.2) is 0 Å². The van der Waals surface area contributed by atoms with Gasteiger partial charge in [-0.3, -0.25) is 4.79 Å². The highest BCUT2D eigenvalue weighted by Crippen LogP contribution is 2.35. The summed E-state index contributed by atoms with van der Waals surface area (Å²) < 4.78 is 46.9. The van der Waals surface area contributed by atoms with Gasteiger partial charge in [-0.2, -0.15) is 13.2 Å². The number of nitrogens with one attached hydrogen (secondary N) is 3. The van der Waals surface area contributed by atoms with E-state index in [4.69, 9.17) is 4.74 Å². The molecule has 50 heavy (non-hydrogen) atoms. The molecule has 0 unspecified atom stereocenters. The molecule has 9 nitrogen and oxygen atoms in total. The average molecular weight is 684 g/mol. The Morgan fingerprint density at radius 1 is 0.980 bits per heavy atom. The number of hydrogen-bond donors (Lipinski definition) is 4. The molecule has 12 heteroatoms. The quantitative estimate of drug-likeness (QED) is 0.116. The number of nitrogens with zero attached hydrogens (tertiary/aromatic N) is 2. The van der Waals surface area contributed by atoms with E-state index in [0.29, 0.717) is 49.1 Å². The van der Waals surface area contributed by atoms with Crippen LogP contribution in [-0.2, 0) is 22.3 Å². The summed E-state index contributed by atoms with van der Waals surface area (Å²) in [5.41, 5.74) is 1.48. The molecule has 6 rings (SSSR count). The highest BCUT2D eigenvalue weighted by molar-refractivity contribution is 6.03. The molecule has 3 heterocycles. The lowest BCUT2D eigenvalue weighted by Crippen LogP contribution is -2.47. The fourth-order valence-electron chi connectivity index (χ4n) is 6.29. The summed E-state index contributed by atoms with van der Waals surface area (Å²) in [6.07, 6.45) is -4.60. The van der Waals surface area contributed by atoms with Crippen LogP contribution >= 0.6 is 0 Å². The number of rotatable bonds is 10. The lowest BCUT2D eigenvalue weighted by Gasteiger charge is -2.36. The molecule has 2 aliphatic rings. The molecule has 0 aliphatic carbocycles. The number of carbonyl (C=O) groups is 2. The zero-order valence-electron chi connectivity index (χ0n) is 27.0. The summed E-state index contributed by atoms with van der Waals surface area (Å²) in [7, 11) is 0. The molecule has 1 aromatic heterocycles. The number of aromatic nitrogens is 1. The van der Waals surface area contributed by atoms with Crippen molar-refractivity contribution in [2.24, 2.45) is 5.92 Å². The van der Waals surface area contributed by atoms with Crippen LogP contribution in [0.15, 0.2) is 115 Å². The van der Waals surface area contributed by atoms with Crippen LogP contribution in [0.5, 0.6) is 0 Å². The van der Waals surface area contributed by atoms with E-state index in [1.165, 1.54) is 0 Å². The third-order valence-corrected chi connectivity index (χ3v) is 8.98. The van der Waals surface area contributed by atoms with E-state index in [1.54, 1.807) is 35.2 Å². The van der Waals surface area contributed by atoms with E-state index in [0.717, 1.165) is 17.2 Å². The molecule has 4 aromatic rings. The van der Waals surface area contributed by atoms with Crippen LogP contribution in [0, 0.1) is 11.3 Å². The van der Waals surface area contributed by atoms with Crippen LogP contribution in [0.1, 0.15) is 57.9 Å². The maximum Gasteiger partial charge on any atom is 0.418 e. The lowest BCUT2D eigenvalue weighted by molar-refractivity contribution is -0.138. The van der Waals surface area contributed by atoms with Gasteiger partial charge in [0.05, 0.1) is 17.2 Å². The Labute approximate surface area is 287 Å². The summed E-state index contributed by atoms with van der Waals surface area (Å²) in [5.74, 6) is -1.38. The SMILES string of the molecule is N=C(C1=C(NC(c2ccccc2)c2ccccc2)NC(=O)[C@@H](O)C1)C1CCN(c2cc(C(=O)OCc3ccccc3)c(C(F)(F)F)cn2)CC1. The van der Waals surface area contributed by atoms with Crippen LogP contribution in [0.25, 0.3) is 0 Å². The van der Waals surface area contributed by atoms with Crippen molar-refractivity contribution in [3.8, 4) is 0 Å². The highest BCUT2D eigenvalue weighted by Gasteiger charge is 2.38. The van der Waals surface area contributed by atoms with Crippen LogP contribution in [0.4, 0.5) is 19.0 Å². The Bertz CT molecular complexity index is 1820. The van der Waals surface area contributed by atoms with Crippen molar-refractivity contribution < 1.29 is 32.6 Å². The summed E-state index contributed by atoms with van der Waals surface area (Å²) in [6, 6.07) is 28.8. The van der Waals surface area contributed by atoms with Crippen molar-refractivity contribution in [1.82, 2.24) is 15.6 Å². The molecule has 3 aromatic carbocycles. The number of amides is 1. The number of ether oxygens (including phenoxy) is 1. The number of hydrogen-bond acceptors (Lipinski definition) is 8. The summed E-state index contributed by atoms with van der Waals surface area (Å²) >= 11 is 0. The Hall–Kier alpha value is -5.49. The molecule has 1 saturated heterocycles. The standard InChI is InChI=1S/C38H36F3N5O4/c39-38(40,41)30-22-43-32(21-28(30)37(49)50-23-24-10-4-1-5-11-24)46-18-16-25(17-19-46)33(42)29-20-31(47)36(48)45-35(29)44-34(26-12-6-2-7-13-26)27-14-8-3-9-15-27/h1-15,21-22,25,31,34,42,44,47H,16-20,23H2,(H,45,48)/t31-/m0/s1. The van der Waals surface area contributed by atoms with Crippen molar-refractivity contribution in [3.63, 3.8) is 0 Å². The number of alkyl halides is 3. The minimum Gasteiger partial charge on any atom is -0.457 e. The van der Waals surface area contributed by atoms with Gasteiger partial charge < -0.3 is 30.8 Å². The Balaban J connectivity index is 1.20. The number of piperidine rings is 1. The second-order valence-electron chi connectivity index (χ2n) is 12.3. The van der Waals surface area contributed by atoms with Gasteiger partial charge in [0.25, 0.3) is 5.91 Å². The van der Waals surface area contributed by atoms with Gasteiger partial charge in [-0.25, -0.2) is 9.78 Å². The number of aliphatic hydroxyl groups is 1. The first-order valence-electron chi connectivity index (χ1n) is 16.3. The smallest absolute Gasteiger partial charge is 0.418 e. The van der Waals surface area contributed by atoms with E-state index in [-0.39, 0.29) is 36.5 Å². The second kappa shape index (κ2) is 15.0. The van der Waals surface area contributed by atoms with Gasteiger partial charge >= 0.3 is 12.1 Å². The second-order valence-corrected chi connectivity index (χ2v) is 12.3. The Kier molecular flexibility index (Phi) is 10.3. The topological polar surface area (TPSA) is 128 Å². The molecule has 1 amide bonds. The fourth-order valence-corrected chi connectivity index (χ4v) is 6.29. The molecular weight excluding hydrogens is 647 g/mol. The Morgan fingerprint density at radius 2 is 1.56 bits per heavy atom. The number of pyridine rings is 1. The van der Waals surface area contributed by atoms with Gasteiger partial charge in [-0.05, 0) is 35.6 Å². The molecule has 0 bridgehead atoms. The van der Waals surface area contributed by atoms with Crippen molar-refractivity contribution in [3.05, 3.63) is 142 Å². The van der Waals surface area contributed by atoms with Crippen LogP contribution < -0.4 is 15.5 Å². The van der Waals surface area contributed by atoms with Gasteiger partial charge in [0, 0.05) is 42.9 Å². The first-order valence-corrected chi connectivity index (χ1v) is 16.3. The average Bonchev–Trinajstić information content (AvgIpc) is 3.14. The van der Waals surface area contributed by atoms with Crippen LogP contribution in [0.3, 0.4) is 0 Å². The largest absolute Gasteiger partial charge is 0.457 e. The summed E-state index contributed by atoms with van der Waals surface area (Å²) in [4.78, 5) is 31.4. The van der Waals surface area contributed by atoms with Gasteiger partial charge in [0.2, 0.25) is 0 Å². The van der Waals surface area contributed by atoms with E-state index >= 15 is 0 Å². The molecule has 1 atom stereocenters. The molecule has 258 valence electrons. The minimum absolute atomic E-state index is 0.0432. The third-order valence-electron chi connectivity index (χ3n) is 8.98.